The largest absolute Gasteiger partial charge is 0.352 e. The second-order valence-corrected chi connectivity index (χ2v) is 8.43. The van der Waals surface area contributed by atoms with Gasteiger partial charge in [-0.25, -0.2) is 0 Å². The second-order valence-electron chi connectivity index (χ2n) is 8.43. The lowest BCUT2D eigenvalue weighted by molar-refractivity contribution is -0.116. The maximum Gasteiger partial charge on any atom is 0.224 e. The summed E-state index contributed by atoms with van der Waals surface area (Å²) in [5, 5.41) is 9.64. The van der Waals surface area contributed by atoms with Crippen molar-refractivity contribution in [1.29, 1.82) is 0 Å². The monoisotopic (exact) mass is 563 g/mol. The Morgan fingerprint density at radius 1 is 0.879 bits per heavy atom. The summed E-state index contributed by atoms with van der Waals surface area (Å²) in [5.74, 6) is 0.824. The number of anilines is 1. The van der Waals surface area contributed by atoms with E-state index in [2.05, 4.69) is 50.1 Å². The van der Waals surface area contributed by atoms with Crippen LogP contribution in [0.15, 0.2) is 53.5 Å². The summed E-state index contributed by atoms with van der Waals surface area (Å²) in [5.41, 5.74) is 4.58. The van der Waals surface area contributed by atoms with E-state index >= 15 is 0 Å². The molecule has 1 heterocycles. The molecule has 1 aliphatic heterocycles. The molecule has 0 unspecified atom stereocenters. The topological polar surface area (TPSA) is 68.8 Å². The zero-order valence-electron chi connectivity index (χ0n) is 19.9. The molecule has 2 aromatic rings. The summed E-state index contributed by atoms with van der Waals surface area (Å²) < 4.78 is 0. The summed E-state index contributed by atoms with van der Waals surface area (Å²) in [6.07, 6.45) is 5.43. The van der Waals surface area contributed by atoms with Crippen LogP contribution in [0.25, 0.3) is 0 Å². The fourth-order valence-corrected chi connectivity index (χ4v) is 3.89. The average molecular weight is 564 g/mol. The van der Waals surface area contributed by atoms with Crippen LogP contribution in [0, 0.1) is 0 Å². The molecular weight excluding hydrogens is 525 g/mol. The van der Waals surface area contributed by atoms with Gasteiger partial charge in [0.25, 0.3) is 0 Å². The lowest BCUT2D eigenvalue weighted by atomic mass is 10.1. The molecule has 0 saturated carbocycles. The van der Waals surface area contributed by atoms with Gasteiger partial charge in [-0.05, 0) is 61.2 Å². The average Bonchev–Trinajstić information content (AvgIpc) is 2.82. The van der Waals surface area contributed by atoms with Crippen molar-refractivity contribution in [2.75, 3.05) is 25.5 Å². The quantitative estimate of drug-likeness (QED) is 0.231. The third kappa shape index (κ3) is 9.71. The molecule has 0 radical (unpaired) electrons. The first kappa shape index (κ1) is 27.1. The van der Waals surface area contributed by atoms with Crippen molar-refractivity contribution in [3.63, 3.8) is 0 Å². The Hall–Kier alpha value is -2.13. The molecule has 3 N–H and O–H groups in total. The first-order valence-corrected chi connectivity index (χ1v) is 11.8. The van der Waals surface area contributed by atoms with E-state index in [9.17, 15) is 4.79 Å². The van der Waals surface area contributed by atoms with Gasteiger partial charge < -0.3 is 16.0 Å². The standard InChI is InChI=1S/C26H37N5O.HI/c1-3-7-25(32)30-24-14-12-22(13-15-24)19-29-26(27-2)28-18-21-8-10-23(11-9-21)20-31-16-5-4-6-17-31;/h8-15H,3-7,16-20H2,1-2H3,(H,30,32)(H2,27,28,29);1H. The Bertz CT molecular complexity index is 861. The van der Waals surface area contributed by atoms with Crippen LogP contribution in [0.4, 0.5) is 5.69 Å². The number of guanidine groups is 1. The van der Waals surface area contributed by atoms with Crippen molar-refractivity contribution in [2.24, 2.45) is 4.99 Å². The molecule has 3 rings (SSSR count). The number of hydrogen-bond acceptors (Lipinski definition) is 3. The van der Waals surface area contributed by atoms with Crippen LogP contribution in [0.5, 0.6) is 0 Å². The second kappa shape index (κ2) is 14.9. The summed E-state index contributed by atoms with van der Waals surface area (Å²) in [4.78, 5) is 18.6. The number of halogens is 1. The Labute approximate surface area is 215 Å². The van der Waals surface area contributed by atoms with Crippen molar-refractivity contribution in [1.82, 2.24) is 15.5 Å². The summed E-state index contributed by atoms with van der Waals surface area (Å²) in [6.45, 7) is 6.89. The number of aliphatic imine (C=N–C) groups is 1. The van der Waals surface area contributed by atoms with Crippen LogP contribution >= 0.6 is 24.0 Å². The van der Waals surface area contributed by atoms with E-state index < -0.39 is 0 Å². The predicted octanol–water partition coefficient (Wildman–Crippen LogP) is 4.89. The lowest BCUT2D eigenvalue weighted by Gasteiger charge is -2.26. The molecule has 1 saturated heterocycles. The van der Waals surface area contributed by atoms with Crippen LogP contribution in [0.2, 0.25) is 0 Å². The number of nitrogens with zero attached hydrogens (tertiary/aromatic N) is 2. The normalized spacial score (nSPS) is 14.3. The molecule has 33 heavy (non-hydrogen) atoms. The Morgan fingerprint density at radius 3 is 1.97 bits per heavy atom. The number of hydrogen-bond donors (Lipinski definition) is 3. The van der Waals surface area contributed by atoms with E-state index in [1.807, 2.05) is 31.2 Å². The molecule has 180 valence electrons. The fraction of sp³-hybridized carbons (Fsp3) is 0.462. The zero-order valence-corrected chi connectivity index (χ0v) is 22.2. The van der Waals surface area contributed by atoms with Crippen molar-refractivity contribution < 1.29 is 4.79 Å². The van der Waals surface area contributed by atoms with Gasteiger partial charge in [0.15, 0.2) is 5.96 Å². The van der Waals surface area contributed by atoms with Crippen LogP contribution in [0.1, 0.15) is 55.7 Å². The SMILES string of the molecule is CCCC(=O)Nc1ccc(CNC(=NC)NCc2ccc(CN3CCCCC3)cc2)cc1.I. The highest BCUT2D eigenvalue weighted by Gasteiger charge is 2.10. The molecule has 7 heteroatoms. The van der Waals surface area contributed by atoms with Gasteiger partial charge in [-0.15, -0.1) is 24.0 Å². The van der Waals surface area contributed by atoms with Gasteiger partial charge >= 0.3 is 0 Å². The van der Waals surface area contributed by atoms with Crippen molar-refractivity contribution >= 4 is 41.5 Å². The summed E-state index contributed by atoms with van der Waals surface area (Å²) in [7, 11) is 1.78. The Kier molecular flexibility index (Phi) is 12.2. The highest BCUT2D eigenvalue weighted by Crippen LogP contribution is 2.14. The minimum absolute atomic E-state index is 0. The molecule has 0 atom stereocenters. The molecule has 0 aromatic heterocycles. The molecule has 0 spiro atoms. The van der Waals surface area contributed by atoms with Crippen LogP contribution in [0.3, 0.4) is 0 Å². The van der Waals surface area contributed by atoms with E-state index in [0.29, 0.717) is 13.0 Å². The smallest absolute Gasteiger partial charge is 0.224 e. The van der Waals surface area contributed by atoms with Gasteiger partial charge in [-0.3, -0.25) is 14.7 Å². The van der Waals surface area contributed by atoms with Gasteiger partial charge in [-0.1, -0.05) is 49.7 Å². The number of amides is 1. The van der Waals surface area contributed by atoms with Gasteiger partial charge in [-0.2, -0.15) is 0 Å². The minimum atomic E-state index is 0. The third-order valence-corrected chi connectivity index (χ3v) is 5.74. The zero-order chi connectivity index (χ0) is 22.6. The van der Waals surface area contributed by atoms with E-state index in [-0.39, 0.29) is 29.9 Å². The maximum absolute atomic E-state index is 11.7. The highest BCUT2D eigenvalue weighted by molar-refractivity contribution is 14.0. The number of benzene rings is 2. The van der Waals surface area contributed by atoms with E-state index in [0.717, 1.165) is 36.7 Å². The van der Waals surface area contributed by atoms with Gasteiger partial charge in [0.1, 0.15) is 0 Å². The highest BCUT2D eigenvalue weighted by atomic mass is 127. The predicted molar refractivity (Wildman–Crippen MR) is 148 cm³/mol. The van der Waals surface area contributed by atoms with E-state index in [4.69, 9.17) is 0 Å². The Balaban J connectivity index is 0.00000385. The number of likely N-dealkylation sites (tertiary alicyclic amines) is 1. The fourth-order valence-electron chi connectivity index (χ4n) is 3.89. The van der Waals surface area contributed by atoms with E-state index in [1.165, 1.54) is 43.5 Å². The number of nitrogens with one attached hydrogen (secondary N) is 3. The van der Waals surface area contributed by atoms with Crippen molar-refractivity contribution in [2.45, 2.75) is 58.7 Å². The molecule has 2 aromatic carbocycles. The number of carbonyl (C=O) groups excluding carboxylic acids is 1. The van der Waals surface area contributed by atoms with Gasteiger partial charge in [0.05, 0.1) is 0 Å². The Morgan fingerprint density at radius 2 is 1.42 bits per heavy atom. The van der Waals surface area contributed by atoms with Crippen LogP contribution < -0.4 is 16.0 Å². The number of rotatable bonds is 9. The van der Waals surface area contributed by atoms with Crippen LogP contribution in [-0.4, -0.2) is 36.9 Å². The molecule has 1 amide bonds. The number of piperidine rings is 1. The van der Waals surface area contributed by atoms with Crippen molar-refractivity contribution in [3.8, 4) is 0 Å². The van der Waals surface area contributed by atoms with Crippen molar-refractivity contribution in [3.05, 3.63) is 65.2 Å². The molecule has 1 fully saturated rings. The van der Waals surface area contributed by atoms with E-state index in [1.54, 1.807) is 7.05 Å². The maximum atomic E-state index is 11.7. The van der Waals surface area contributed by atoms with Gasteiger partial charge in [0.2, 0.25) is 5.91 Å². The minimum Gasteiger partial charge on any atom is -0.352 e. The molecule has 6 nitrogen and oxygen atoms in total. The van der Waals surface area contributed by atoms with Crippen LogP contribution in [-0.2, 0) is 24.4 Å². The molecule has 1 aliphatic rings. The molecule has 0 bridgehead atoms. The first-order chi connectivity index (χ1) is 15.7. The molecule has 0 aliphatic carbocycles. The number of carbonyl (C=O) groups is 1. The summed E-state index contributed by atoms with van der Waals surface area (Å²) in [6, 6.07) is 16.8. The molecular formula is C26H38IN5O. The van der Waals surface area contributed by atoms with Gasteiger partial charge in [0, 0.05) is 38.8 Å². The third-order valence-electron chi connectivity index (χ3n) is 5.74. The summed E-state index contributed by atoms with van der Waals surface area (Å²) >= 11 is 0. The first-order valence-electron chi connectivity index (χ1n) is 11.8. The lowest BCUT2D eigenvalue weighted by Crippen LogP contribution is -2.36.